The van der Waals surface area contributed by atoms with Crippen molar-refractivity contribution >= 4 is 17.2 Å². The summed E-state index contributed by atoms with van der Waals surface area (Å²) in [7, 11) is 0. The van der Waals surface area contributed by atoms with E-state index in [0.29, 0.717) is 6.54 Å². The van der Waals surface area contributed by atoms with Gasteiger partial charge in [0.05, 0.1) is 17.2 Å². The summed E-state index contributed by atoms with van der Waals surface area (Å²) in [4.78, 5) is 14.7. The second kappa shape index (κ2) is 3.48. The van der Waals surface area contributed by atoms with Crippen molar-refractivity contribution in [3.63, 3.8) is 0 Å². The quantitative estimate of drug-likeness (QED) is 0.721. The lowest BCUT2D eigenvalue weighted by molar-refractivity contribution is -0.119. The largest absolute Gasteiger partial charge is 0.351 e. The molecule has 0 aromatic carbocycles. The summed E-state index contributed by atoms with van der Waals surface area (Å²) in [5, 5.41) is 5.66. The van der Waals surface area contributed by atoms with Crippen LogP contribution in [0.25, 0.3) is 0 Å². The topological polar surface area (TPSA) is 42.0 Å². The Morgan fingerprint density at radius 3 is 3.00 bits per heavy atom. The third kappa shape index (κ3) is 2.67. The summed E-state index contributed by atoms with van der Waals surface area (Å²) in [6, 6.07) is 0. The molecule has 4 heteroatoms. The van der Waals surface area contributed by atoms with Crippen LogP contribution in [0.5, 0.6) is 0 Å². The van der Waals surface area contributed by atoms with Crippen molar-refractivity contribution in [1.82, 2.24) is 10.3 Å². The van der Waals surface area contributed by atoms with Crippen molar-refractivity contribution in [1.29, 1.82) is 0 Å². The van der Waals surface area contributed by atoms with Gasteiger partial charge in [0.25, 0.3) is 0 Å². The molecule has 0 fully saturated rings. The van der Waals surface area contributed by atoms with Gasteiger partial charge in [0.2, 0.25) is 5.91 Å². The van der Waals surface area contributed by atoms with Gasteiger partial charge >= 0.3 is 0 Å². The Labute approximate surface area is 69.5 Å². The second-order valence-corrected chi connectivity index (χ2v) is 3.33. The van der Waals surface area contributed by atoms with Crippen molar-refractivity contribution in [3.05, 3.63) is 16.1 Å². The van der Waals surface area contributed by atoms with Crippen LogP contribution in [0.3, 0.4) is 0 Å². The van der Waals surface area contributed by atoms with Gasteiger partial charge in [-0.05, 0) is 6.92 Å². The highest BCUT2D eigenvalue weighted by atomic mass is 32.1. The molecule has 0 aliphatic heterocycles. The van der Waals surface area contributed by atoms with Gasteiger partial charge in [0, 0.05) is 12.3 Å². The van der Waals surface area contributed by atoms with E-state index in [4.69, 9.17) is 0 Å². The molecule has 0 aliphatic rings. The average Bonchev–Trinajstić information content (AvgIpc) is 2.31. The molecule has 1 aromatic rings. The van der Waals surface area contributed by atoms with Gasteiger partial charge < -0.3 is 5.32 Å². The van der Waals surface area contributed by atoms with E-state index >= 15 is 0 Å². The predicted octanol–water partition coefficient (Wildman–Crippen LogP) is 1.09. The molecule has 0 aliphatic carbocycles. The molecule has 60 valence electrons. The molecule has 0 saturated heterocycles. The average molecular weight is 170 g/mol. The molecule has 1 N–H and O–H groups in total. The second-order valence-electron chi connectivity index (χ2n) is 2.27. The van der Waals surface area contributed by atoms with Crippen LogP contribution in [-0.2, 0) is 11.3 Å². The molecule has 0 radical (unpaired) electrons. The van der Waals surface area contributed by atoms with Crippen LogP contribution in [0.1, 0.15) is 17.6 Å². The molecule has 0 spiro atoms. The van der Waals surface area contributed by atoms with Crippen LogP contribution >= 0.6 is 11.3 Å². The zero-order chi connectivity index (χ0) is 8.27. The maximum absolute atomic E-state index is 10.5. The number of hydrogen-bond acceptors (Lipinski definition) is 3. The van der Waals surface area contributed by atoms with Crippen LogP contribution in [0.2, 0.25) is 0 Å². The van der Waals surface area contributed by atoms with Gasteiger partial charge in [-0.1, -0.05) is 0 Å². The zero-order valence-electron chi connectivity index (χ0n) is 6.55. The molecule has 11 heavy (non-hydrogen) atoms. The Balaban J connectivity index is 2.45. The maximum Gasteiger partial charge on any atom is 0.217 e. The molecule has 1 aromatic heterocycles. The summed E-state index contributed by atoms with van der Waals surface area (Å²) in [6.45, 7) is 3.99. The number of rotatable bonds is 2. The smallest absolute Gasteiger partial charge is 0.217 e. The summed E-state index contributed by atoms with van der Waals surface area (Å²) in [6.07, 6.45) is 0. The maximum atomic E-state index is 10.5. The molecule has 0 bridgehead atoms. The van der Waals surface area contributed by atoms with Gasteiger partial charge in [-0.2, -0.15) is 0 Å². The molecule has 1 rings (SSSR count). The number of thiazole rings is 1. The lowest BCUT2D eigenvalue weighted by Crippen LogP contribution is -2.18. The summed E-state index contributed by atoms with van der Waals surface area (Å²) >= 11 is 1.59. The lowest BCUT2D eigenvalue weighted by atomic mass is 10.5. The summed E-state index contributed by atoms with van der Waals surface area (Å²) < 4.78 is 0. The van der Waals surface area contributed by atoms with E-state index in [1.165, 1.54) is 6.92 Å². The third-order valence-electron chi connectivity index (χ3n) is 1.19. The van der Waals surface area contributed by atoms with Crippen molar-refractivity contribution < 1.29 is 4.79 Å². The predicted molar refractivity (Wildman–Crippen MR) is 44.4 cm³/mol. The normalized spacial score (nSPS) is 9.64. The SMILES string of the molecule is CC(=O)NCc1csc(C)n1. The van der Waals surface area contributed by atoms with Gasteiger partial charge in [0.15, 0.2) is 0 Å². The summed E-state index contributed by atoms with van der Waals surface area (Å²) in [5.41, 5.74) is 0.933. The zero-order valence-corrected chi connectivity index (χ0v) is 7.36. The number of hydrogen-bond donors (Lipinski definition) is 1. The Bertz CT molecular complexity index is 257. The van der Waals surface area contributed by atoms with E-state index in [1.807, 2.05) is 12.3 Å². The molecule has 1 heterocycles. The first-order valence-electron chi connectivity index (χ1n) is 3.34. The Morgan fingerprint density at radius 2 is 2.55 bits per heavy atom. The number of carbonyl (C=O) groups is 1. The molecule has 0 atom stereocenters. The molecule has 0 unspecified atom stereocenters. The fourth-order valence-electron chi connectivity index (χ4n) is 0.704. The molecular weight excluding hydrogens is 160 g/mol. The Hall–Kier alpha value is -0.900. The van der Waals surface area contributed by atoms with Crippen LogP contribution in [0.4, 0.5) is 0 Å². The molecule has 3 nitrogen and oxygen atoms in total. The number of aromatic nitrogens is 1. The van der Waals surface area contributed by atoms with Crippen molar-refractivity contribution in [3.8, 4) is 0 Å². The van der Waals surface area contributed by atoms with Gasteiger partial charge in [0.1, 0.15) is 0 Å². The number of aryl methyl sites for hydroxylation is 1. The monoisotopic (exact) mass is 170 g/mol. The molecular formula is C7H10N2OS. The fourth-order valence-corrected chi connectivity index (χ4v) is 1.32. The van der Waals surface area contributed by atoms with Gasteiger partial charge in [-0.3, -0.25) is 4.79 Å². The van der Waals surface area contributed by atoms with Crippen molar-refractivity contribution in [2.45, 2.75) is 20.4 Å². The Kier molecular flexibility index (Phi) is 2.59. The first kappa shape index (κ1) is 8.20. The van der Waals surface area contributed by atoms with Crippen LogP contribution in [0.15, 0.2) is 5.38 Å². The van der Waals surface area contributed by atoms with Gasteiger partial charge in [-0.25, -0.2) is 4.98 Å². The van der Waals surface area contributed by atoms with Crippen LogP contribution in [-0.4, -0.2) is 10.9 Å². The minimum Gasteiger partial charge on any atom is -0.351 e. The van der Waals surface area contributed by atoms with E-state index in [-0.39, 0.29) is 5.91 Å². The standard InChI is InChI=1S/C7H10N2OS/c1-5(10)8-3-7-4-11-6(2)9-7/h4H,3H2,1-2H3,(H,8,10). The Morgan fingerprint density at radius 1 is 1.82 bits per heavy atom. The van der Waals surface area contributed by atoms with E-state index in [9.17, 15) is 4.79 Å². The fraction of sp³-hybridized carbons (Fsp3) is 0.429. The van der Waals surface area contributed by atoms with Crippen molar-refractivity contribution in [2.75, 3.05) is 0 Å². The summed E-state index contributed by atoms with van der Waals surface area (Å²) in [5.74, 6) is -0.0179. The molecule has 1 amide bonds. The first-order valence-corrected chi connectivity index (χ1v) is 4.22. The number of carbonyl (C=O) groups excluding carboxylic acids is 1. The van der Waals surface area contributed by atoms with E-state index in [2.05, 4.69) is 10.3 Å². The van der Waals surface area contributed by atoms with E-state index in [1.54, 1.807) is 11.3 Å². The number of amides is 1. The number of nitrogens with zero attached hydrogens (tertiary/aromatic N) is 1. The first-order chi connectivity index (χ1) is 5.18. The highest BCUT2D eigenvalue weighted by molar-refractivity contribution is 7.09. The highest BCUT2D eigenvalue weighted by Gasteiger charge is 1.97. The minimum absolute atomic E-state index is 0.0179. The van der Waals surface area contributed by atoms with E-state index in [0.717, 1.165) is 10.7 Å². The van der Waals surface area contributed by atoms with Gasteiger partial charge in [-0.15, -0.1) is 11.3 Å². The number of nitrogens with one attached hydrogen (secondary N) is 1. The van der Waals surface area contributed by atoms with Crippen molar-refractivity contribution in [2.24, 2.45) is 0 Å². The van der Waals surface area contributed by atoms with Crippen LogP contribution in [0, 0.1) is 6.92 Å². The van der Waals surface area contributed by atoms with Crippen LogP contribution < -0.4 is 5.32 Å². The highest BCUT2D eigenvalue weighted by Crippen LogP contribution is 2.06. The molecule has 0 saturated carbocycles. The third-order valence-corrected chi connectivity index (χ3v) is 2.01. The lowest BCUT2D eigenvalue weighted by Gasteiger charge is -1.95. The van der Waals surface area contributed by atoms with E-state index < -0.39 is 0 Å². The minimum atomic E-state index is -0.0179.